The summed E-state index contributed by atoms with van der Waals surface area (Å²) in [5, 5.41) is 2.58. The van der Waals surface area contributed by atoms with Crippen molar-refractivity contribution >= 4 is 18.2 Å². The Morgan fingerprint density at radius 1 is 1.28 bits per heavy atom. The van der Waals surface area contributed by atoms with Gasteiger partial charge in [0, 0.05) is 18.7 Å². The molecule has 0 aromatic heterocycles. The first-order chi connectivity index (χ1) is 11.8. The van der Waals surface area contributed by atoms with Gasteiger partial charge in [-0.2, -0.15) is 0 Å². The molecule has 0 bridgehead atoms. The van der Waals surface area contributed by atoms with Crippen LogP contribution in [0.1, 0.15) is 20.8 Å². The van der Waals surface area contributed by atoms with E-state index in [2.05, 4.69) is 18.5 Å². The van der Waals surface area contributed by atoms with Crippen molar-refractivity contribution in [2.24, 2.45) is 0 Å². The van der Waals surface area contributed by atoms with E-state index in [4.69, 9.17) is 4.74 Å². The zero-order valence-corrected chi connectivity index (χ0v) is 15.7. The summed E-state index contributed by atoms with van der Waals surface area (Å²) in [4.78, 5) is 33.7. The van der Waals surface area contributed by atoms with E-state index in [0.29, 0.717) is 32.0 Å². The minimum Gasteiger partial charge on any atom is -0.465 e. The van der Waals surface area contributed by atoms with Crippen LogP contribution in [-0.4, -0.2) is 55.8 Å². The number of ether oxygens (including phenoxy) is 1. The van der Waals surface area contributed by atoms with E-state index in [0.717, 1.165) is 11.6 Å². The molecule has 0 spiro atoms. The van der Waals surface area contributed by atoms with Crippen LogP contribution >= 0.6 is 0 Å². The van der Waals surface area contributed by atoms with Gasteiger partial charge in [0.15, 0.2) is 0 Å². The summed E-state index contributed by atoms with van der Waals surface area (Å²) < 4.78 is 4.78. The van der Waals surface area contributed by atoms with E-state index in [-0.39, 0.29) is 11.9 Å². The molecule has 6 heteroatoms. The molecule has 0 rings (SSSR count). The maximum absolute atomic E-state index is 11.0. The molecule has 0 fully saturated rings. The molecule has 0 saturated heterocycles. The Bertz CT molecular complexity index is 494. The molecule has 0 radical (unpaired) electrons. The van der Waals surface area contributed by atoms with Crippen LogP contribution in [0.25, 0.3) is 0 Å². The highest BCUT2D eigenvalue weighted by molar-refractivity contribution is 5.91. The van der Waals surface area contributed by atoms with Gasteiger partial charge in [-0.05, 0) is 39.5 Å². The Morgan fingerprint density at radius 3 is 2.36 bits per heavy atom. The second kappa shape index (κ2) is 16.4. The highest BCUT2D eigenvalue weighted by Crippen LogP contribution is 1.94. The second-order valence-corrected chi connectivity index (χ2v) is 5.21. The Hall–Kier alpha value is -2.47. The van der Waals surface area contributed by atoms with Crippen molar-refractivity contribution in [1.29, 1.82) is 0 Å². The first-order valence-corrected chi connectivity index (χ1v) is 8.01. The summed E-state index contributed by atoms with van der Waals surface area (Å²) in [6.07, 6.45) is 7.85. The third kappa shape index (κ3) is 16.2. The molecule has 1 N–H and O–H groups in total. The molecule has 0 aromatic rings. The van der Waals surface area contributed by atoms with E-state index < -0.39 is 0 Å². The van der Waals surface area contributed by atoms with Crippen molar-refractivity contribution in [3.8, 4) is 0 Å². The summed E-state index contributed by atoms with van der Waals surface area (Å²) in [5.74, 6) is -0.461. The molecule has 0 heterocycles. The van der Waals surface area contributed by atoms with Gasteiger partial charge in [0.1, 0.15) is 6.29 Å². The molecule has 6 nitrogen and oxygen atoms in total. The maximum Gasteiger partial charge on any atom is 0.320 e. The number of allylic oxidation sites excluding steroid dienone is 3. The number of esters is 1. The average Bonchev–Trinajstić information content (AvgIpc) is 2.57. The molecule has 140 valence electrons. The van der Waals surface area contributed by atoms with E-state index >= 15 is 0 Å². The summed E-state index contributed by atoms with van der Waals surface area (Å²) in [7, 11) is 1.90. The van der Waals surface area contributed by atoms with Crippen LogP contribution in [0.4, 0.5) is 0 Å². The molecule has 25 heavy (non-hydrogen) atoms. The molecule has 0 aromatic carbocycles. The lowest BCUT2D eigenvalue weighted by Gasteiger charge is -2.19. The molecule has 0 aliphatic rings. The van der Waals surface area contributed by atoms with Crippen molar-refractivity contribution in [1.82, 2.24) is 10.2 Å². The lowest BCUT2D eigenvalue weighted by Crippen LogP contribution is -2.32. The van der Waals surface area contributed by atoms with Crippen molar-refractivity contribution in [2.75, 3.05) is 26.7 Å². The standard InChI is InChI=1S/C11H13NO2.C8H17NO2/c1-3-6-10(4-2)9-12-11(14)7-5-8-13;1-5-11-8(10)6-9(4)7(2)3/h3-8H,1-2,9H2,(H,12,14);7H,5-6H2,1-4H3/b7-5+,10-6+;. The number of aldehydes is 1. The predicted octanol–water partition coefficient (Wildman–Crippen LogP) is 2.05. The third-order valence-electron chi connectivity index (χ3n) is 2.95. The number of nitrogens with zero attached hydrogens (tertiary/aromatic N) is 1. The SMILES string of the molecule is C=C/C=C(\C=C)CNC(=O)/C=C/C=O.CCOC(=O)CN(C)C(C)C. The Morgan fingerprint density at radius 2 is 1.92 bits per heavy atom. The predicted molar refractivity (Wildman–Crippen MR) is 101 cm³/mol. The van der Waals surface area contributed by atoms with Gasteiger partial charge < -0.3 is 10.1 Å². The van der Waals surface area contributed by atoms with Gasteiger partial charge in [-0.3, -0.25) is 19.3 Å². The Kier molecular flexibility index (Phi) is 16.2. The fourth-order valence-electron chi connectivity index (χ4n) is 1.32. The monoisotopic (exact) mass is 350 g/mol. The van der Waals surface area contributed by atoms with Crippen LogP contribution in [0.3, 0.4) is 0 Å². The van der Waals surface area contributed by atoms with Gasteiger partial charge >= 0.3 is 5.97 Å². The van der Waals surface area contributed by atoms with Crippen molar-refractivity contribution < 1.29 is 19.1 Å². The van der Waals surface area contributed by atoms with Crippen LogP contribution in [0.5, 0.6) is 0 Å². The van der Waals surface area contributed by atoms with Crippen LogP contribution in [0.2, 0.25) is 0 Å². The van der Waals surface area contributed by atoms with Crippen LogP contribution < -0.4 is 5.32 Å². The van der Waals surface area contributed by atoms with E-state index in [1.165, 1.54) is 6.08 Å². The highest BCUT2D eigenvalue weighted by Gasteiger charge is 2.08. The first kappa shape index (κ1) is 24.8. The molecular weight excluding hydrogens is 320 g/mol. The molecule has 0 aliphatic heterocycles. The number of nitrogens with one attached hydrogen (secondary N) is 1. The topological polar surface area (TPSA) is 75.7 Å². The summed E-state index contributed by atoms with van der Waals surface area (Å²) in [6.45, 7) is 14.2. The lowest BCUT2D eigenvalue weighted by atomic mass is 10.2. The third-order valence-corrected chi connectivity index (χ3v) is 2.95. The van der Waals surface area contributed by atoms with Gasteiger partial charge in [-0.15, -0.1) is 0 Å². The number of rotatable bonds is 10. The normalized spacial score (nSPS) is 10.9. The van der Waals surface area contributed by atoms with Gasteiger partial charge in [-0.1, -0.05) is 31.4 Å². The number of hydrogen-bond acceptors (Lipinski definition) is 5. The minimum atomic E-state index is -0.311. The molecule has 0 aliphatic carbocycles. The lowest BCUT2D eigenvalue weighted by molar-refractivity contribution is -0.144. The van der Waals surface area contributed by atoms with Gasteiger partial charge in [0.05, 0.1) is 13.2 Å². The zero-order valence-electron chi connectivity index (χ0n) is 15.7. The first-order valence-electron chi connectivity index (χ1n) is 8.01. The number of carbonyl (C=O) groups is 3. The quantitative estimate of drug-likeness (QED) is 0.282. The minimum absolute atomic E-state index is 0.149. The second-order valence-electron chi connectivity index (χ2n) is 5.21. The number of likely N-dealkylation sites (N-methyl/N-ethyl adjacent to an activating group) is 1. The van der Waals surface area contributed by atoms with Crippen molar-refractivity contribution in [2.45, 2.75) is 26.8 Å². The van der Waals surface area contributed by atoms with Crippen LogP contribution in [0, 0.1) is 0 Å². The maximum atomic E-state index is 11.0. The fraction of sp³-hybridized carbons (Fsp3) is 0.421. The van der Waals surface area contributed by atoms with Gasteiger partial charge in [0.25, 0.3) is 0 Å². The summed E-state index contributed by atoms with van der Waals surface area (Å²) in [6, 6.07) is 0.388. The van der Waals surface area contributed by atoms with Crippen LogP contribution in [-0.2, 0) is 19.1 Å². The zero-order chi connectivity index (χ0) is 19.7. The smallest absolute Gasteiger partial charge is 0.320 e. The Balaban J connectivity index is 0. The van der Waals surface area contributed by atoms with Gasteiger partial charge in [0.2, 0.25) is 5.91 Å². The average molecular weight is 350 g/mol. The summed E-state index contributed by atoms with van der Waals surface area (Å²) in [5.41, 5.74) is 0.854. The molecule has 0 atom stereocenters. The molecular formula is C19H30N2O4. The number of carbonyl (C=O) groups excluding carboxylic acids is 3. The van der Waals surface area contributed by atoms with E-state index in [1.807, 2.05) is 32.7 Å². The molecule has 0 unspecified atom stereocenters. The van der Waals surface area contributed by atoms with E-state index in [9.17, 15) is 14.4 Å². The van der Waals surface area contributed by atoms with Crippen molar-refractivity contribution in [3.63, 3.8) is 0 Å². The van der Waals surface area contributed by atoms with E-state index in [1.54, 1.807) is 18.2 Å². The largest absolute Gasteiger partial charge is 0.465 e. The number of hydrogen-bond donors (Lipinski definition) is 1. The highest BCUT2D eigenvalue weighted by atomic mass is 16.5. The van der Waals surface area contributed by atoms with Gasteiger partial charge in [-0.25, -0.2) is 0 Å². The molecule has 0 saturated carbocycles. The van der Waals surface area contributed by atoms with Crippen LogP contribution in [0.15, 0.2) is 49.1 Å². The van der Waals surface area contributed by atoms with Crippen molar-refractivity contribution in [3.05, 3.63) is 49.1 Å². The fourth-order valence-corrected chi connectivity index (χ4v) is 1.32. The summed E-state index contributed by atoms with van der Waals surface area (Å²) >= 11 is 0. The number of amides is 1. The molecule has 1 amide bonds. The Labute approximate surface area is 150 Å².